The minimum absolute atomic E-state index is 0.203. The molecule has 7 nitrogen and oxygen atoms in total. The normalized spacial score (nSPS) is 11.7. The maximum absolute atomic E-state index is 12.4. The number of nitriles is 1. The van der Waals surface area contributed by atoms with E-state index in [2.05, 4.69) is 9.68 Å². The van der Waals surface area contributed by atoms with Gasteiger partial charge in [-0.3, -0.25) is 9.52 Å². The van der Waals surface area contributed by atoms with Gasteiger partial charge in [0.15, 0.2) is 0 Å². The molecule has 0 aliphatic heterocycles. The van der Waals surface area contributed by atoms with Crippen molar-refractivity contribution in [2.24, 2.45) is 0 Å². The molecular formula is C15H15N3O4S. The first kappa shape index (κ1) is 16.7. The number of aromatic nitrogens is 1. The van der Waals surface area contributed by atoms with Crippen LogP contribution in [-0.4, -0.2) is 19.5 Å². The van der Waals surface area contributed by atoms with Crippen molar-refractivity contribution in [2.75, 3.05) is 0 Å². The highest BCUT2D eigenvalue weighted by atomic mass is 32.2. The molecule has 2 rings (SSSR count). The fourth-order valence-electron chi connectivity index (χ4n) is 1.92. The minimum Gasteiger partial charge on any atom is -0.364 e. The van der Waals surface area contributed by atoms with E-state index in [0.717, 1.165) is 0 Å². The number of amides is 1. The number of nitrogens with one attached hydrogen (secondary N) is 1. The van der Waals surface area contributed by atoms with Crippen LogP contribution in [0.15, 0.2) is 41.1 Å². The number of hydrogen-bond donors (Lipinski definition) is 1. The van der Waals surface area contributed by atoms with E-state index in [1.54, 1.807) is 38.1 Å². The van der Waals surface area contributed by atoms with Crippen LogP contribution in [0, 0.1) is 11.3 Å². The van der Waals surface area contributed by atoms with Gasteiger partial charge >= 0.3 is 0 Å². The van der Waals surface area contributed by atoms with E-state index >= 15 is 0 Å². The van der Waals surface area contributed by atoms with E-state index in [-0.39, 0.29) is 5.69 Å². The first-order chi connectivity index (χ1) is 10.7. The van der Waals surface area contributed by atoms with Crippen LogP contribution < -0.4 is 4.72 Å². The van der Waals surface area contributed by atoms with Gasteiger partial charge in [0.2, 0.25) is 15.9 Å². The number of hydrogen-bond acceptors (Lipinski definition) is 6. The summed E-state index contributed by atoms with van der Waals surface area (Å²) in [5.74, 6) is -1.14. The summed E-state index contributed by atoms with van der Waals surface area (Å²) in [7, 11) is -3.90. The van der Waals surface area contributed by atoms with Crippen LogP contribution in [-0.2, 0) is 26.0 Å². The van der Waals surface area contributed by atoms with Crippen LogP contribution in [0.5, 0.6) is 0 Å². The molecule has 0 unspecified atom stereocenters. The van der Waals surface area contributed by atoms with Crippen molar-refractivity contribution in [3.63, 3.8) is 0 Å². The smallest absolute Gasteiger partial charge is 0.243 e. The molecule has 0 saturated carbocycles. The van der Waals surface area contributed by atoms with Crippen molar-refractivity contribution in [2.45, 2.75) is 25.0 Å². The van der Waals surface area contributed by atoms with Crippen molar-refractivity contribution in [3.05, 3.63) is 53.4 Å². The summed E-state index contributed by atoms with van der Waals surface area (Å²) in [6, 6.07) is 9.88. The predicted octanol–water partition coefficient (Wildman–Crippen LogP) is 1.47. The fourth-order valence-corrected chi connectivity index (χ4v) is 3.07. The summed E-state index contributed by atoms with van der Waals surface area (Å²) in [5, 5.41) is 12.4. The van der Waals surface area contributed by atoms with Gasteiger partial charge in [0.05, 0.1) is 17.0 Å². The summed E-state index contributed by atoms with van der Waals surface area (Å²) in [6.07, 6.45) is 1.25. The quantitative estimate of drug-likeness (QED) is 0.886. The summed E-state index contributed by atoms with van der Waals surface area (Å²) in [4.78, 5) is 12.4. The molecule has 1 amide bonds. The Morgan fingerprint density at radius 1 is 1.39 bits per heavy atom. The molecule has 1 aromatic heterocycles. The Kier molecular flexibility index (Phi) is 4.52. The highest BCUT2D eigenvalue weighted by Gasteiger charge is 2.33. The van der Waals surface area contributed by atoms with Crippen LogP contribution >= 0.6 is 0 Å². The number of nitrogens with zero attached hydrogens (tertiary/aromatic N) is 2. The van der Waals surface area contributed by atoms with Crippen LogP contribution in [0.1, 0.15) is 30.7 Å². The van der Waals surface area contributed by atoms with Crippen molar-refractivity contribution in [1.82, 2.24) is 9.88 Å². The number of carbonyl (C=O) groups is 1. The van der Waals surface area contributed by atoms with Crippen molar-refractivity contribution >= 4 is 15.9 Å². The summed E-state index contributed by atoms with van der Waals surface area (Å²) >= 11 is 0. The average Bonchev–Trinajstić information content (AvgIpc) is 2.98. The molecular weight excluding hydrogens is 318 g/mol. The van der Waals surface area contributed by atoms with E-state index in [1.807, 2.05) is 10.8 Å². The SMILES string of the molecule is CC(C)(C(=O)NS(=O)(=O)Cc1ccon1)c1cccc(C#N)c1. The van der Waals surface area contributed by atoms with Gasteiger partial charge in [-0.1, -0.05) is 17.3 Å². The van der Waals surface area contributed by atoms with Crippen molar-refractivity contribution in [1.29, 1.82) is 5.26 Å². The second-order valence-corrected chi connectivity index (χ2v) is 7.22. The van der Waals surface area contributed by atoms with Gasteiger partial charge in [-0.2, -0.15) is 5.26 Å². The minimum atomic E-state index is -3.90. The summed E-state index contributed by atoms with van der Waals surface area (Å²) < 4.78 is 30.7. The Morgan fingerprint density at radius 3 is 2.74 bits per heavy atom. The molecule has 0 saturated heterocycles. The standard InChI is InChI=1S/C15H15N3O4S/c1-15(2,12-5-3-4-11(8-12)9-16)14(19)18-23(20,21)10-13-6-7-22-17-13/h3-8H,10H2,1-2H3,(H,18,19). The fraction of sp³-hybridized carbons (Fsp3) is 0.267. The second kappa shape index (κ2) is 6.22. The Labute approximate surface area is 134 Å². The van der Waals surface area contributed by atoms with Gasteiger partial charge in [-0.15, -0.1) is 0 Å². The third-order valence-corrected chi connectivity index (χ3v) is 4.53. The third kappa shape index (κ3) is 3.96. The molecule has 1 aromatic carbocycles. The predicted molar refractivity (Wildman–Crippen MR) is 81.5 cm³/mol. The van der Waals surface area contributed by atoms with E-state index in [4.69, 9.17) is 5.26 Å². The molecule has 1 heterocycles. The molecule has 8 heteroatoms. The first-order valence-corrected chi connectivity index (χ1v) is 8.34. The Morgan fingerprint density at radius 2 is 2.13 bits per heavy atom. The molecule has 1 N–H and O–H groups in total. The molecule has 0 radical (unpaired) electrons. The monoisotopic (exact) mass is 333 g/mol. The number of sulfonamides is 1. The summed E-state index contributed by atoms with van der Waals surface area (Å²) in [5.41, 5.74) is 0.0260. The van der Waals surface area contributed by atoms with Gasteiger partial charge in [0.25, 0.3) is 0 Å². The Balaban J connectivity index is 2.19. The average molecular weight is 333 g/mol. The molecule has 0 aliphatic rings. The van der Waals surface area contributed by atoms with Gasteiger partial charge < -0.3 is 4.52 Å². The highest BCUT2D eigenvalue weighted by Crippen LogP contribution is 2.24. The lowest BCUT2D eigenvalue weighted by molar-refractivity contribution is -0.123. The van der Waals surface area contributed by atoms with Gasteiger partial charge in [-0.05, 0) is 31.5 Å². The second-order valence-electron chi connectivity index (χ2n) is 5.50. The lowest BCUT2D eigenvalue weighted by atomic mass is 9.83. The van der Waals surface area contributed by atoms with Crippen LogP contribution in [0.2, 0.25) is 0 Å². The van der Waals surface area contributed by atoms with Crippen molar-refractivity contribution in [3.8, 4) is 6.07 Å². The third-order valence-electron chi connectivity index (χ3n) is 3.36. The van der Waals surface area contributed by atoms with E-state index in [9.17, 15) is 13.2 Å². The topological polar surface area (TPSA) is 113 Å². The summed E-state index contributed by atoms with van der Waals surface area (Å²) in [6.45, 7) is 3.18. The zero-order valence-electron chi connectivity index (χ0n) is 12.6. The maximum Gasteiger partial charge on any atom is 0.243 e. The number of benzene rings is 1. The van der Waals surface area contributed by atoms with Gasteiger partial charge in [0, 0.05) is 6.07 Å². The molecule has 0 spiro atoms. The largest absolute Gasteiger partial charge is 0.364 e. The molecule has 120 valence electrons. The highest BCUT2D eigenvalue weighted by molar-refractivity contribution is 7.89. The van der Waals surface area contributed by atoms with E-state index < -0.39 is 27.1 Å². The molecule has 0 atom stereocenters. The number of rotatable bonds is 5. The Bertz CT molecular complexity index is 849. The number of carbonyl (C=O) groups excluding carboxylic acids is 1. The van der Waals surface area contributed by atoms with Crippen LogP contribution in [0.25, 0.3) is 0 Å². The van der Waals surface area contributed by atoms with Crippen LogP contribution in [0.4, 0.5) is 0 Å². The van der Waals surface area contributed by atoms with Gasteiger partial charge in [0.1, 0.15) is 17.7 Å². The molecule has 0 bridgehead atoms. The molecule has 2 aromatic rings. The lowest BCUT2D eigenvalue weighted by Gasteiger charge is -2.24. The molecule has 23 heavy (non-hydrogen) atoms. The zero-order chi connectivity index (χ0) is 17.1. The first-order valence-electron chi connectivity index (χ1n) is 6.69. The maximum atomic E-state index is 12.4. The van der Waals surface area contributed by atoms with Crippen LogP contribution in [0.3, 0.4) is 0 Å². The van der Waals surface area contributed by atoms with Crippen molar-refractivity contribution < 1.29 is 17.7 Å². The van der Waals surface area contributed by atoms with E-state index in [1.165, 1.54) is 12.3 Å². The molecule has 0 aliphatic carbocycles. The van der Waals surface area contributed by atoms with E-state index in [0.29, 0.717) is 11.1 Å². The Hall–Kier alpha value is -2.66. The van der Waals surface area contributed by atoms with Gasteiger partial charge in [-0.25, -0.2) is 8.42 Å². The lowest BCUT2D eigenvalue weighted by Crippen LogP contribution is -2.43. The molecule has 0 fully saturated rings. The zero-order valence-corrected chi connectivity index (χ0v) is 13.4.